The highest BCUT2D eigenvalue weighted by atomic mass is 79.9. The van der Waals surface area contributed by atoms with E-state index < -0.39 is 0 Å². The smallest absolute Gasteiger partial charge is 0.267 e. The fourth-order valence-electron chi connectivity index (χ4n) is 1.23. The lowest BCUT2D eigenvalue weighted by Gasteiger charge is -2.25. The molecule has 0 aliphatic rings. The Morgan fingerprint density at radius 2 is 2.40 bits per heavy atom. The number of nitrogens with zero attached hydrogens (tertiary/aromatic N) is 3. The van der Waals surface area contributed by atoms with E-state index in [0.29, 0.717) is 4.88 Å². The van der Waals surface area contributed by atoms with E-state index in [1.807, 2.05) is 18.7 Å². The maximum absolute atomic E-state index is 12.0. The molecule has 1 aromatic rings. The summed E-state index contributed by atoms with van der Waals surface area (Å²) in [6.07, 6.45) is 2.48. The molecule has 0 spiro atoms. The van der Waals surface area contributed by atoms with Crippen molar-refractivity contribution in [3.05, 3.63) is 11.1 Å². The number of hydrogen-bond acceptors (Lipinski definition) is 4. The van der Waals surface area contributed by atoms with Crippen LogP contribution < -0.4 is 0 Å². The minimum atomic E-state index is 0.0287. The summed E-state index contributed by atoms with van der Waals surface area (Å²) in [5.41, 5.74) is 0. The predicted molar refractivity (Wildman–Crippen MR) is 64.5 cm³/mol. The number of halogens is 1. The Morgan fingerprint density at radius 1 is 1.67 bits per heavy atom. The third-order valence-electron chi connectivity index (χ3n) is 1.99. The summed E-state index contributed by atoms with van der Waals surface area (Å²) in [5, 5.41) is 4.58. The molecule has 1 heterocycles. The molecule has 0 saturated heterocycles. The molecule has 0 aromatic carbocycles. The van der Waals surface area contributed by atoms with Crippen LogP contribution in [0, 0.1) is 0 Å². The second-order valence-electron chi connectivity index (χ2n) is 3.42. The highest BCUT2D eigenvalue weighted by Crippen LogP contribution is 2.11. The first-order valence-corrected chi connectivity index (χ1v) is 6.70. The van der Waals surface area contributed by atoms with Crippen LogP contribution in [0.15, 0.2) is 6.20 Å². The van der Waals surface area contributed by atoms with Crippen molar-refractivity contribution < 1.29 is 4.79 Å². The summed E-state index contributed by atoms with van der Waals surface area (Å²) in [6, 6.07) is 0.207. The number of rotatable bonds is 5. The SMILES string of the molecule is CC(C)N(CCCBr)C(=O)c1cnns1. The topological polar surface area (TPSA) is 46.1 Å². The Kier molecular flexibility index (Phi) is 5.17. The molecule has 0 atom stereocenters. The zero-order valence-electron chi connectivity index (χ0n) is 8.81. The summed E-state index contributed by atoms with van der Waals surface area (Å²) < 4.78 is 3.70. The Labute approximate surface area is 102 Å². The Balaban J connectivity index is 2.67. The quantitative estimate of drug-likeness (QED) is 0.781. The van der Waals surface area contributed by atoms with Gasteiger partial charge in [-0.1, -0.05) is 20.4 Å². The van der Waals surface area contributed by atoms with Crippen LogP contribution in [0.4, 0.5) is 0 Å². The van der Waals surface area contributed by atoms with E-state index in [1.54, 1.807) is 0 Å². The molecule has 84 valence electrons. The molecule has 0 bridgehead atoms. The van der Waals surface area contributed by atoms with E-state index >= 15 is 0 Å². The molecular weight excluding hydrogens is 278 g/mol. The molecule has 0 unspecified atom stereocenters. The van der Waals surface area contributed by atoms with E-state index in [2.05, 4.69) is 25.5 Å². The minimum Gasteiger partial charge on any atom is -0.335 e. The van der Waals surface area contributed by atoms with Gasteiger partial charge in [-0.25, -0.2) is 0 Å². The zero-order valence-corrected chi connectivity index (χ0v) is 11.2. The van der Waals surface area contributed by atoms with Gasteiger partial charge in [0.05, 0.1) is 6.20 Å². The summed E-state index contributed by atoms with van der Waals surface area (Å²) in [4.78, 5) is 14.4. The van der Waals surface area contributed by atoms with Gasteiger partial charge in [0.15, 0.2) is 0 Å². The first kappa shape index (κ1) is 12.6. The molecule has 4 nitrogen and oxygen atoms in total. The van der Waals surface area contributed by atoms with Crippen molar-refractivity contribution in [1.29, 1.82) is 0 Å². The monoisotopic (exact) mass is 291 g/mol. The van der Waals surface area contributed by atoms with Crippen LogP contribution in [0.2, 0.25) is 0 Å². The van der Waals surface area contributed by atoms with Crippen molar-refractivity contribution in [3.8, 4) is 0 Å². The zero-order chi connectivity index (χ0) is 11.3. The van der Waals surface area contributed by atoms with Gasteiger partial charge in [-0.05, 0) is 31.8 Å². The maximum atomic E-state index is 12.0. The largest absolute Gasteiger partial charge is 0.335 e. The van der Waals surface area contributed by atoms with Crippen molar-refractivity contribution in [2.45, 2.75) is 26.3 Å². The first-order chi connectivity index (χ1) is 7.16. The average molecular weight is 292 g/mol. The number of carbonyl (C=O) groups excluding carboxylic acids is 1. The van der Waals surface area contributed by atoms with Gasteiger partial charge in [-0.3, -0.25) is 4.79 Å². The lowest BCUT2D eigenvalue weighted by Crippen LogP contribution is -2.37. The number of hydrogen-bond donors (Lipinski definition) is 0. The molecule has 0 fully saturated rings. The molecule has 0 radical (unpaired) electrons. The van der Waals surface area contributed by atoms with E-state index in [4.69, 9.17) is 0 Å². The fraction of sp³-hybridized carbons (Fsp3) is 0.667. The van der Waals surface area contributed by atoms with Crippen LogP contribution in [0.3, 0.4) is 0 Å². The normalized spacial score (nSPS) is 10.7. The third-order valence-corrected chi connectivity index (χ3v) is 3.20. The van der Waals surface area contributed by atoms with Gasteiger partial charge in [-0.15, -0.1) is 5.10 Å². The highest BCUT2D eigenvalue weighted by Gasteiger charge is 2.19. The number of alkyl halides is 1. The van der Waals surface area contributed by atoms with Crippen molar-refractivity contribution in [3.63, 3.8) is 0 Å². The number of carbonyl (C=O) groups is 1. The second kappa shape index (κ2) is 6.17. The van der Waals surface area contributed by atoms with Crippen LogP contribution >= 0.6 is 27.5 Å². The fourth-order valence-corrected chi connectivity index (χ4v) is 1.95. The van der Waals surface area contributed by atoms with E-state index in [0.717, 1.165) is 29.8 Å². The van der Waals surface area contributed by atoms with E-state index in [-0.39, 0.29) is 11.9 Å². The lowest BCUT2D eigenvalue weighted by molar-refractivity contribution is 0.0711. The van der Waals surface area contributed by atoms with Crippen molar-refractivity contribution >= 4 is 33.4 Å². The number of amides is 1. The van der Waals surface area contributed by atoms with Crippen LogP contribution in [-0.2, 0) is 0 Å². The van der Waals surface area contributed by atoms with E-state index in [9.17, 15) is 4.79 Å². The Morgan fingerprint density at radius 3 is 2.87 bits per heavy atom. The molecule has 0 saturated carbocycles. The van der Waals surface area contributed by atoms with Crippen LogP contribution in [0.25, 0.3) is 0 Å². The summed E-state index contributed by atoms with van der Waals surface area (Å²) in [6.45, 7) is 4.79. The summed E-state index contributed by atoms with van der Waals surface area (Å²) >= 11 is 4.51. The summed E-state index contributed by atoms with van der Waals surface area (Å²) in [5.74, 6) is 0.0287. The van der Waals surface area contributed by atoms with Gasteiger partial charge < -0.3 is 4.90 Å². The highest BCUT2D eigenvalue weighted by molar-refractivity contribution is 9.09. The molecule has 15 heavy (non-hydrogen) atoms. The molecule has 0 aliphatic heterocycles. The van der Waals surface area contributed by atoms with Crippen molar-refractivity contribution in [2.24, 2.45) is 0 Å². The van der Waals surface area contributed by atoms with Crippen LogP contribution in [-0.4, -0.2) is 38.3 Å². The standard InChI is InChI=1S/C9H14BrN3OS/c1-7(2)13(5-3-4-10)9(14)8-6-11-12-15-8/h6-7H,3-5H2,1-2H3. The van der Waals surface area contributed by atoms with Crippen molar-refractivity contribution in [1.82, 2.24) is 14.5 Å². The predicted octanol–water partition coefficient (Wildman–Crippen LogP) is 2.17. The average Bonchev–Trinajstić information content (AvgIpc) is 2.70. The number of aromatic nitrogens is 2. The molecular formula is C9H14BrN3OS. The molecule has 6 heteroatoms. The molecule has 0 aliphatic carbocycles. The maximum Gasteiger partial charge on any atom is 0.267 e. The van der Waals surface area contributed by atoms with E-state index in [1.165, 1.54) is 6.20 Å². The van der Waals surface area contributed by atoms with Crippen molar-refractivity contribution in [2.75, 3.05) is 11.9 Å². The third kappa shape index (κ3) is 3.53. The van der Waals surface area contributed by atoms with Gasteiger partial charge >= 0.3 is 0 Å². The Bertz CT molecular complexity index is 302. The van der Waals surface area contributed by atoms with Gasteiger partial charge in [0, 0.05) is 17.9 Å². The summed E-state index contributed by atoms with van der Waals surface area (Å²) in [7, 11) is 0. The van der Waals surface area contributed by atoms with Gasteiger partial charge in [0.1, 0.15) is 4.88 Å². The molecule has 1 aromatic heterocycles. The molecule has 1 rings (SSSR count). The second-order valence-corrected chi connectivity index (χ2v) is 5.00. The molecule has 1 amide bonds. The van der Waals surface area contributed by atoms with Gasteiger partial charge in [0.25, 0.3) is 5.91 Å². The first-order valence-electron chi connectivity index (χ1n) is 4.81. The minimum absolute atomic E-state index is 0.0287. The van der Waals surface area contributed by atoms with Crippen LogP contribution in [0.5, 0.6) is 0 Å². The molecule has 0 N–H and O–H groups in total. The van der Waals surface area contributed by atoms with Gasteiger partial charge in [-0.2, -0.15) is 0 Å². The van der Waals surface area contributed by atoms with Gasteiger partial charge in [0.2, 0.25) is 0 Å². The lowest BCUT2D eigenvalue weighted by atomic mass is 10.2. The van der Waals surface area contributed by atoms with Crippen LogP contribution in [0.1, 0.15) is 29.9 Å². The Hall–Kier alpha value is -0.490.